The number of carbonyl (C=O) groups is 1. The molecule has 1 aliphatic heterocycles. The number of ether oxygens (including phenoxy) is 2. The number of hydrogen-bond acceptors (Lipinski definition) is 3. The third kappa shape index (κ3) is 3.91. The summed E-state index contributed by atoms with van der Waals surface area (Å²) in [6.07, 6.45) is -0.712. The first-order valence-electron chi connectivity index (χ1n) is 5.87. The van der Waals surface area contributed by atoms with Crippen LogP contribution in [0.3, 0.4) is 0 Å². The van der Waals surface area contributed by atoms with Crippen molar-refractivity contribution in [2.45, 2.75) is 32.6 Å². The lowest BCUT2D eigenvalue weighted by atomic mass is 10.2. The summed E-state index contributed by atoms with van der Waals surface area (Å²) in [4.78, 5) is 13.2. The average molecular weight is 304 g/mol. The van der Waals surface area contributed by atoms with E-state index in [1.54, 1.807) is 18.2 Å². The lowest BCUT2D eigenvalue weighted by Crippen LogP contribution is -2.28. The molecule has 1 atom stereocenters. The second kappa shape index (κ2) is 5.10. The van der Waals surface area contributed by atoms with E-state index < -0.39 is 5.60 Å². The SMILES string of the molecule is CC(C)(C)OC(=O)N1CC1Oc1ccc(Cl)cc1Cl. The van der Waals surface area contributed by atoms with Crippen molar-refractivity contribution in [2.75, 3.05) is 6.54 Å². The second-order valence-corrected chi connectivity index (χ2v) is 6.12. The maximum Gasteiger partial charge on any atom is 0.413 e. The smallest absolute Gasteiger partial charge is 0.413 e. The summed E-state index contributed by atoms with van der Waals surface area (Å²) >= 11 is 11.8. The van der Waals surface area contributed by atoms with E-state index >= 15 is 0 Å². The van der Waals surface area contributed by atoms with Crippen LogP contribution in [0.1, 0.15) is 20.8 Å². The Morgan fingerprint density at radius 3 is 2.63 bits per heavy atom. The van der Waals surface area contributed by atoms with Crippen molar-refractivity contribution in [3.05, 3.63) is 28.2 Å². The first-order chi connectivity index (χ1) is 8.76. The Labute approximate surface area is 122 Å². The monoisotopic (exact) mass is 303 g/mol. The van der Waals surface area contributed by atoms with Crippen molar-refractivity contribution in [3.63, 3.8) is 0 Å². The van der Waals surface area contributed by atoms with Crippen LogP contribution < -0.4 is 4.74 Å². The van der Waals surface area contributed by atoms with Crippen molar-refractivity contribution >= 4 is 29.3 Å². The van der Waals surface area contributed by atoms with Gasteiger partial charge in [0.15, 0.2) is 6.23 Å². The zero-order chi connectivity index (χ0) is 14.2. The lowest BCUT2D eigenvalue weighted by Gasteiger charge is -2.19. The predicted octanol–water partition coefficient (Wildman–Crippen LogP) is 3.95. The Balaban J connectivity index is 1.92. The van der Waals surface area contributed by atoms with Gasteiger partial charge in [-0.3, -0.25) is 4.90 Å². The fraction of sp³-hybridized carbons (Fsp3) is 0.462. The molecule has 0 N–H and O–H groups in total. The molecule has 19 heavy (non-hydrogen) atoms. The lowest BCUT2D eigenvalue weighted by molar-refractivity contribution is 0.0354. The summed E-state index contributed by atoms with van der Waals surface area (Å²) < 4.78 is 10.8. The van der Waals surface area contributed by atoms with E-state index in [9.17, 15) is 4.79 Å². The predicted molar refractivity (Wildman–Crippen MR) is 73.8 cm³/mol. The van der Waals surface area contributed by atoms with Crippen LogP contribution in [0.25, 0.3) is 0 Å². The third-order valence-electron chi connectivity index (χ3n) is 2.35. The number of carbonyl (C=O) groups excluding carboxylic acids is 1. The molecular weight excluding hydrogens is 289 g/mol. The zero-order valence-electron chi connectivity index (χ0n) is 10.9. The number of amides is 1. The van der Waals surface area contributed by atoms with Crippen LogP contribution in [0, 0.1) is 0 Å². The van der Waals surface area contributed by atoms with Gasteiger partial charge in [-0.15, -0.1) is 0 Å². The maximum absolute atomic E-state index is 11.7. The van der Waals surface area contributed by atoms with Gasteiger partial charge in [0.05, 0.1) is 11.6 Å². The van der Waals surface area contributed by atoms with Gasteiger partial charge in [-0.1, -0.05) is 23.2 Å². The van der Waals surface area contributed by atoms with Crippen molar-refractivity contribution in [1.29, 1.82) is 0 Å². The minimum atomic E-state index is -0.512. The van der Waals surface area contributed by atoms with Crippen LogP contribution in [-0.2, 0) is 4.74 Å². The molecule has 1 aliphatic rings. The van der Waals surface area contributed by atoms with Crippen molar-refractivity contribution in [1.82, 2.24) is 4.90 Å². The molecule has 1 aromatic carbocycles. The molecule has 4 nitrogen and oxygen atoms in total. The van der Waals surface area contributed by atoms with Crippen LogP contribution in [0.5, 0.6) is 5.75 Å². The molecule has 2 rings (SSSR count). The molecule has 1 amide bonds. The molecule has 0 spiro atoms. The number of benzene rings is 1. The molecule has 1 saturated heterocycles. The number of rotatable bonds is 2. The Morgan fingerprint density at radius 2 is 2.05 bits per heavy atom. The number of hydrogen-bond donors (Lipinski definition) is 0. The van der Waals surface area contributed by atoms with E-state index in [0.29, 0.717) is 22.3 Å². The molecule has 0 radical (unpaired) electrons. The average Bonchev–Trinajstić information content (AvgIpc) is 2.99. The maximum atomic E-state index is 11.7. The van der Waals surface area contributed by atoms with Gasteiger partial charge in [0.25, 0.3) is 0 Å². The molecule has 0 bridgehead atoms. The molecule has 104 valence electrons. The summed E-state index contributed by atoms with van der Waals surface area (Å²) in [7, 11) is 0. The van der Waals surface area contributed by atoms with Crippen LogP contribution in [0.4, 0.5) is 4.79 Å². The highest BCUT2D eigenvalue weighted by molar-refractivity contribution is 6.35. The summed E-state index contributed by atoms with van der Waals surface area (Å²) in [5, 5.41) is 0.959. The second-order valence-electron chi connectivity index (χ2n) is 5.28. The highest BCUT2D eigenvalue weighted by Crippen LogP contribution is 2.32. The van der Waals surface area contributed by atoms with Crippen LogP contribution >= 0.6 is 23.2 Å². The van der Waals surface area contributed by atoms with Gasteiger partial charge in [0.1, 0.15) is 11.4 Å². The molecule has 1 heterocycles. The van der Waals surface area contributed by atoms with Crippen molar-refractivity contribution < 1.29 is 14.3 Å². The molecule has 0 aliphatic carbocycles. The third-order valence-corrected chi connectivity index (χ3v) is 2.88. The molecular formula is C13H15Cl2NO3. The van der Waals surface area contributed by atoms with Gasteiger partial charge in [0, 0.05) is 5.02 Å². The van der Waals surface area contributed by atoms with E-state index in [4.69, 9.17) is 32.7 Å². The van der Waals surface area contributed by atoms with Crippen LogP contribution in [0.15, 0.2) is 18.2 Å². The minimum absolute atomic E-state index is 0.325. The summed E-state index contributed by atoms with van der Waals surface area (Å²) in [6.45, 7) is 5.95. The van der Waals surface area contributed by atoms with Crippen LogP contribution in [-0.4, -0.2) is 29.4 Å². The molecule has 0 aromatic heterocycles. The molecule has 1 fully saturated rings. The number of nitrogens with zero attached hydrogens (tertiary/aromatic N) is 1. The Morgan fingerprint density at radius 1 is 1.37 bits per heavy atom. The molecule has 0 saturated carbocycles. The molecule has 6 heteroatoms. The molecule has 1 aromatic rings. The van der Waals surface area contributed by atoms with Gasteiger partial charge >= 0.3 is 6.09 Å². The number of halogens is 2. The normalized spacial score (nSPS) is 18.2. The van der Waals surface area contributed by atoms with Gasteiger partial charge in [-0.25, -0.2) is 4.79 Å². The van der Waals surface area contributed by atoms with Crippen LogP contribution in [0.2, 0.25) is 10.0 Å². The van der Waals surface area contributed by atoms with E-state index in [1.165, 1.54) is 4.90 Å². The minimum Gasteiger partial charge on any atom is -0.467 e. The highest BCUT2D eigenvalue weighted by atomic mass is 35.5. The van der Waals surface area contributed by atoms with E-state index in [1.807, 2.05) is 20.8 Å². The van der Waals surface area contributed by atoms with E-state index in [0.717, 1.165) is 0 Å². The topological polar surface area (TPSA) is 38.5 Å². The van der Waals surface area contributed by atoms with Crippen molar-refractivity contribution in [3.8, 4) is 5.75 Å². The molecule has 1 unspecified atom stereocenters. The summed E-state index contributed by atoms with van der Waals surface area (Å²) in [5.74, 6) is 0.502. The van der Waals surface area contributed by atoms with Gasteiger partial charge in [-0.2, -0.15) is 0 Å². The van der Waals surface area contributed by atoms with E-state index in [-0.39, 0.29) is 12.3 Å². The zero-order valence-corrected chi connectivity index (χ0v) is 12.5. The Kier molecular flexibility index (Phi) is 3.83. The van der Waals surface area contributed by atoms with E-state index in [2.05, 4.69) is 0 Å². The highest BCUT2D eigenvalue weighted by Gasteiger charge is 2.43. The van der Waals surface area contributed by atoms with Crippen molar-refractivity contribution in [2.24, 2.45) is 0 Å². The Bertz CT molecular complexity index is 499. The first kappa shape index (κ1) is 14.3. The fourth-order valence-electron chi connectivity index (χ4n) is 1.45. The summed E-state index contributed by atoms with van der Waals surface area (Å²) in [5.41, 5.74) is -0.512. The standard InChI is InChI=1S/C13H15Cl2NO3/c1-13(2,3)19-12(17)16-7-11(16)18-10-5-4-8(14)6-9(10)15/h4-6,11H,7H2,1-3H3. The summed E-state index contributed by atoms with van der Waals surface area (Å²) in [6, 6.07) is 4.96. The van der Waals surface area contributed by atoms with Gasteiger partial charge < -0.3 is 9.47 Å². The largest absolute Gasteiger partial charge is 0.467 e. The van der Waals surface area contributed by atoms with Gasteiger partial charge in [-0.05, 0) is 39.0 Å². The fourth-order valence-corrected chi connectivity index (χ4v) is 1.91. The van der Waals surface area contributed by atoms with Gasteiger partial charge in [0.2, 0.25) is 0 Å². The Hall–Kier alpha value is -1.13. The first-order valence-corrected chi connectivity index (χ1v) is 6.63. The quantitative estimate of drug-likeness (QED) is 0.777.